The standard InChI is InChI=1S/C11H20N4O3/c1-7(2)9-12-10(14-13-9)11(17)15(3)5-8(16)6-18-4/h7-8,16H,5-6H2,1-4H3,(H,12,13,14). The van der Waals surface area contributed by atoms with Crippen LogP contribution in [0.5, 0.6) is 0 Å². The van der Waals surface area contributed by atoms with E-state index in [1.54, 1.807) is 7.05 Å². The molecule has 1 amide bonds. The Kier molecular flexibility index (Phi) is 5.24. The molecule has 0 aliphatic heterocycles. The second-order valence-corrected chi connectivity index (χ2v) is 4.49. The van der Waals surface area contributed by atoms with Crippen LogP contribution in [-0.4, -0.2) is 64.5 Å². The van der Waals surface area contributed by atoms with Gasteiger partial charge in [-0.2, -0.15) is 0 Å². The number of methoxy groups -OCH3 is 1. The molecular formula is C11H20N4O3. The van der Waals surface area contributed by atoms with Crippen molar-refractivity contribution in [2.75, 3.05) is 27.3 Å². The molecule has 0 aliphatic rings. The third kappa shape index (κ3) is 3.78. The van der Waals surface area contributed by atoms with Gasteiger partial charge in [0.15, 0.2) is 0 Å². The molecule has 1 heterocycles. The average Bonchev–Trinajstić information content (AvgIpc) is 2.77. The number of hydrogen-bond acceptors (Lipinski definition) is 5. The van der Waals surface area contributed by atoms with Crippen molar-refractivity contribution in [2.24, 2.45) is 0 Å². The SMILES string of the molecule is COCC(O)CN(C)C(=O)c1n[nH]c(C(C)C)n1. The van der Waals surface area contributed by atoms with Gasteiger partial charge in [0.2, 0.25) is 5.82 Å². The summed E-state index contributed by atoms with van der Waals surface area (Å²) < 4.78 is 4.80. The zero-order valence-electron chi connectivity index (χ0n) is 11.2. The summed E-state index contributed by atoms with van der Waals surface area (Å²) in [5, 5.41) is 16.1. The largest absolute Gasteiger partial charge is 0.389 e. The van der Waals surface area contributed by atoms with E-state index in [4.69, 9.17) is 4.74 Å². The average molecular weight is 256 g/mol. The Hall–Kier alpha value is -1.47. The second-order valence-electron chi connectivity index (χ2n) is 4.49. The smallest absolute Gasteiger partial charge is 0.293 e. The van der Waals surface area contributed by atoms with Crippen molar-refractivity contribution >= 4 is 5.91 Å². The predicted octanol–water partition coefficient (Wildman–Crippen LogP) is 0.00740. The van der Waals surface area contributed by atoms with Gasteiger partial charge in [0.1, 0.15) is 5.82 Å². The van der Waals surface area contributed by atoms with E-state index in [0.717, 1.165) is 0 Å². The summed E-state index contributed by atoms with van der Waals surface area (Å²) in [5.41, 5.74) is 0. The first kappa shape index (κ1) is 14.6. The highest BCUT2D eigenvalue weighted by Crippen LogP contribution is 2.08. The zero-order valence-corrected chi connectivity index (χ0v) is 11.2. The van der Waals surface area contributed by atoms with Crippen molar-refractivity contribution < 1.29 is 14.6 Å². The number of ether oxygens (including phenoxy) is 1. The fourth-order valence-corrected chi connectivity index (χ4v) is 1.44. The maximum Gasteiger partial charge on any atom is 0.293 e. The fraction of sp³-hybridized carbons (Fsp3) is 0.727. The van der Waals surface area contributed by atoms with Crippen molar-refractivity contribution in [1.29, 1.82) is 0 Å². The summed E-state index contributed by atoms with van der Waals surface area (Å²) in [7, 11) is 3.09. The molecule has 1 unspecified atom stereocenters. The lowest BCUT2D eigenvalue weighted by Gasteiger charge is -2.18. The van der Waals surface area contributed by atoms with Crippen LogP contribution in [-0.2, 0) is 4.74 Å². The Bertz CT molecular complexity index is 391. The van der Waals surface area contributed by atoms with Gasteiger partial charge in [-0.15, -0.1) is 5.10 Å². The summed E-state index contributed by atoms with van der Waals surface area (Å²) in [4.78, 5) is 17.4. The first-order valence-corrected chi connectivity index (χ1v) is 5.80. The normalized spacial score (nSPS) is 12.8. The number of likely N-dealkylation sites (N-methyl/N-ethyl adjacent to an activating group) is 1. The number of aromatic amines is 1. The van der Waals surface area contributed by atoms with E-state index in [0.29, 0.717) is 5.82 Å². The maximum absolute atomic E-state index is 11.9. The van der Waals surface area contributed by atoms with Crippen molar-refractivity contribution in [3.8, 4) is 0 Å². The number of carbonyl (C=O) groups excluding carboxylic acids is 1. The molecule has 0 radical (unpaired) electrons. The van der Waals surface area contributed by atoms with Crippen LogP contribution < -0.4 is 0 Å². The lowest BCUT2D eigenvalue weighted by atomic mass is 10.2. The molecule has 0 aliphatic carbocycles. The minimum Gasteiger partial charge on any atom is -0.389 e. The molecule has 0 bridgehead atoms. The molecule has 0 aromatic carbocycles. The van der Waals surface area contributed by atoms with E-state index >= 15 is 0 Å². The van der Waals surface area contributed by atoms with Gasteiger partial charge in [-0.1, -0.05) is 13.8 Å². The van der Waals surface area contributed by atoms with Crippen LogP contribution in [0.3, 0.4) is 0 Å². The van der Waals surface area contributed by atoms with Gasteiger partial charge in [0, 0.05) is 26.6 Å². The van der Waals surface area contributed by atoms with Gasteiger partial charge in [0.05, 0.1) is 12.7 Å². The molecule has 0 spiro atoms. The molecule has 0 saturated heterocycles. The topological polar surface area (TPSA) is 91.3 Å². The van der Waals surface area contributed by atoms with Crippen LogP contribution in [0.2, 0.25) is 0 Å². The van der Waals surface area contributed by atoms with Gasteiger partial charge in [-0.3, -0.25) is 9.89 Å². The summed E-state index contributed by atoms with van der Waals surface area (Å²) in [6.07, 6.45) is -0.715. The number of H-pyrrole nitrogens is 1. The number of aromatic nitrogens is 3. The van der Waals surface area contributed by atoms with E-state index in [1.807, 2.05) is 13.8 Å². The highest BCUT2D eigenvalue weighted by molar-refractivity contribution is 5.90. The van der Waals surface area contributed by atoms with E-state index in [2.05, 4.69) is 15.2 Å². The third-order valence-corrected chi connectivity index (χ3v) is 2.43. The molecule has 1 aromatic rings. The summed E-state index contributed by atoms with van der Waals surface area (Å²) in [6, 6.07) is 0. The number of aliphatic hydroxyl groups excluding tert-OH is 1. The Morgan fingerprint density at radius 3 is 2.72 bits per heavy atom. The molecule has 0 saturated carbocycles. The van der Waals surface area contributed by atoms with Crippen molar-refractivity contribution in [1.82, 2.24) is 20.1 Å². The number of hydrogen-bond donors (Lipinski definition) is 2. The predicted molar refractivity (Wildman–Crippen MR) is 65.3 cm³/mol. The number of nitrogens with zero attached hydrogens (tertiary/aromatic N) is 3. The third-order valence-electron chi connectivity index (χ3n) is 2.43. The lowest BCUT2D eigenvalue weighted by Crippen LogP contribution is -2.36. The van der Waals surface area contributed by atoms with Gasteiger partial charge in [-0.25, -0.2) is 4.98 Å². The monoisotopic (exact) mass is 256 g/mol. The van der Waals surface area contributed by atoms with E-state index in [9.17, 15) is 9.90 Å². The Labute approximate surface area is 106 Å². The molecule has 1 aromatic heterocycles. The summed E-state index contributed by atoms with van der Waals surface area (Å²) in [5.74, 6) is 0.645. The minimum atomic E-state index is -0.715. The first-order chi connectivity index (χ1) is 8.45. The Balaban J connectivity index is 2.62. The quantitative estimate of drug-likeness (QED) is 0.748. The molecule has 1 rings (SSSR count). The van der Waals surface area contributed by atoms with Gasteiger partial charge < -0.3 is 14.7 Å². The minimum absolute atomic E-state index is 0.116. The molecule has 7 heteroatoms. The number of aliphatic hydroxyl groups is 1. The highest BCUT2D eigenvalue weighted by atomic mass is 16.5. The van der Waals surface area contributed by atoms with Crippen molar-refractivity contribution in [3.63, 3.8) is 0 Å². The van der Waals surface area contributed by atoms with E-state index < -0.39 is 6.10 Å². The van der Waals surface area contributed by atoms with Crippen LogP contribution in [0, 0.1) is 0 Å². The number of rotatable bonds is 6. The van der Waals surface area contributed by atoms with Crippen LogP contribution in [0.15, 0.2) is 0 Å². The maximum atomic E-state index is 11.9. The molecule has 0 fully saturated rings. The van der Waals surface area contributed by atoms with E-state index in [-0.39, 0.29) is 30.8 Å². The summed E-state index contributed by atoms with van der Waals surface area (Å²) >= 11 is 0. The highest BCUT2D eigenvalue weighted by Gasteiger charge is 2.20. The number of nitrogens with one attached hydrogen (secondary N) is 1. The zero-order chi connectivity index (χ0) is 13.7. The van der Waals surface area contributed by atoms with Gasteiger partial charge in [-0.05, 0) is 0 Å². The fourth-order valence-electron chi connectivity index (χ4n) is 1.44. The molecule has 7 nitrogen and oxygen atoms in total. The number of amides is 1. The molecule has 1 atom stereocenters. The molecule has 102 valence electrons. The molecule has 2 N–H and O–H groups in total. The van der Waals surface area contributed by atoms with Crippen LogP contribution in [0.1, 0.15) is 36.2 Å². The number of carbonyl (C=O) groups is 1. The van der Waals surface area contributed by atoms with Gasteiger partial charge >= 0.3 is 0 Å². The van der Waals surface area contributed by atoms with Crippen LogP contribution in [0.4, 0.5) is 0 Å². The van der Waals surface area contributed by atoms with Crippen LogP contribution >= 0.6 is 0 Å². The second kappa shape index (κ2) is 6.46. The molecular weight excluding hydrogens is 236 g/mol. The summed E-state index contributed by atoms with van der Waals surface area (Å²) in [6.45, 7) is 4.28. The van der Waals surface area contributed by atoms with Crippen LogP contribution in [0.25, 0.3) is 0 Å². The van der Waals surface area contributed by atoms with E-state index in [1.165, 1.54) is 12.0 Å². The van der Waals surface area contributed by atoms with Gasteiger partial charge in [0.25, 0.3) is 5.91 Å². The molecule has 18 heavy (non-hydrogen) atoms. The Morgan fingerprint density at radius 1 is 1.56 bits per heavy atom. The first-order valence-electron chi connectivity index (χ1n) is 5.80. The lowest BCUT2D eigenvalue weighted by molar-refractivity contribution is 0.0375. The van der Waals surface area contributed by atoms with Crippen molar-refractivity contribution in [3.05, 3.63) is 11.6 Å². The Morgan fingerprint density at radius 2 is 2.22 bits per heavy atom. The van der Waals surface area contributed by atoms with Crippen molar-refractivity contribution in [2.45, 2.75) is 25.9 Å².